The Hall–Kier alpha value is -2.77. The summed E-state index contributed by atoms with van der Waals surface area (Å²) in [5.41, 5.74) is 2.36. The minimum atomic E-state index is -0.168. The van der Waals surface area contributed by atoms with E-state index >= 15 is 0 Å². The zero-order valence-electron chi connectivity index (χ0n) is 18.8. The lowest BCUT2D eigenvalue weighted by atomic mass is 10.2. The highest BCUT2D eigenvalue weighted by molar-refractivity contribution is 7.17. The van der Waals surface area contributed by atoms with E-state index < -0.39 is 0 Å². The van der Waals surface area contributed by atoms with Gasteiger partial charge >= 0.3 is 0 Å². The minimum Gasteiger partial charge on any atom is -0.492 e. The fourth-order valence-electron chi connectivity index (χ4n) is 3.46. The third kappa shape index (κ3) is 6.12. The lowest BCUT2D eigenvalue weighted by molar-refractivity contribution is 0.102. The van der Waals surface area contributed by atoms with Gasteiger partial charge in [-0.3, -0.25) is 14.7 Å². The SMILES string of the molecule is Cc1nc(-c2ccncc2)sc1C(=O)Nc1cccc(OCCN(C(C)C)C(C)C)c1. The van der Waals surface area contributed by atoms with Crippen LogP contribution in [0.1, 0.15) is 43.1 Å². The van der Waals surface area contributed by atoms with Crippen LogP contribution < -0.4 is 10.1 Å². The number of rotatable bonds is 9. The number of carbonyl (C=O) groups excluding carboxylic acids is 1. The number of carbonyl (C=O) groups is 1. The topological polar surface area (TPSA) is 67.3 Å². The second-order valence-electron chi connectivity index (χ2n) is 7.93. The van der Waals surface area contributed by atoms with E-state index in [1.54, 1.807) is 12.4 Å². The second kappa shape index (κ2) is 10.5. The molecule has 1 amide bonds. The molecule has 0 atom stereocenters. The van der Waals surface area contributed by atoms with Crippen LogP contribution in [0.4, 0.5) is 5.69 Å². The van der Waals surface area contributed by atoms with E-state index in [2.05, 4.69) is 47.9 Å². The number of thiazole rings is 1. The number of ether oxygens (including phenoxy) is 1. The number of pyridine rings is 1. The van der Waals surface area contributed by atoms with Gasteiger partial charge in [0.15, 0.2) is 0 Å². The Morgan fingerprint density at radius 1 is 1.13 bits per heavy atom. The van der Waals surface area contributed by atoms with Gasteiger partial charge in [0.2, 0.25) is 0 Å². The monoisotopic (exact) mass is 438 g/mol. The maximum Gasteiger partial charge on any atom is 0.267 e. The number of hydrogen-bond acceptors (Lipinski definition) is 6. The van der Waals surface area contributed by atoms with Crippen molar-refractivity contribution in [2.45, 2.75) is 46.7 Å². The Morgan fingerprint density at radius 3 is 2.52 bits per heavy atom. The Kier molecular flexibility index (Phi) is 7.76. The van der Waals surface area contributed by atoms with Gasteiger partial charge in [-0.1, -0.05) is 6.07 Å². The summed E-state index contributed by atoms with van der Waals surface area (Å²) in [6.45, 7) is 12.1. The van der Waals surface area contributed by atoms with Gasteiger partial charge < -0.3 is 10.1 Å². The molecule has 0 aliphatic carbocycles. The van der Waals surface area contributed by atoms with Gasteiger partial charge in [-0.25, -0.2) is 4.98 Å². The van der Waals surface area contributed by atoms with Gasteiger partial charge in [0.1, 0.15) is 22.2 Å². The van der Waals surface area contributed by atoms with Gasteiger partial charge in [0, 0.05) is 48.3 Å². The molecule has 0 unspecified atom stereocenters. The molecular weight excluding hydrogens is 408 g/mol. The molecule has 2 aromatic heterocycles. The first-order chi connectivity index (χ1) is 14.8. The molecule has 3 aromatic rings. The Bertz CT molecular complexity index is 994. The number of aromatic nitrogens is 2. The zero-order chi connectivity index (χ0) is 22.4. The highest BCUT2D eigenvalue weighted by Crippen LogP contribution is 2.28. The van der Waals surface area contributed by atoms with Crippen molar-refractivity contribution in [2.24, 2.45) is 0 Å². The predicted molar refractivity (Wildman–Crippen MR) is 127 cm³/mol. The number of amides is 1. The summed E-state index contributed by atoms with van der Waals surface area (Å²) < 4.78 is 5.94. The molecule has 7 heteroatoms. The molecule has 0 aliphatic rings. The lowest BCUT2D eigenvalue weighted by Crippen LogP contribution is -2.39. The highest BCUT2D eigenvalue weighted by Gasteiger charge is 2.17. The number of hydrogen-bond donors (Lipinski definition) is 1. The van der Waals surface area contributed by atoms with E-state index in [9.17, 15) is 4.79 Å². The van der Waals surface area contributed by atoms with Gasteiger partial charge in [-0.05, 0) is 58.9 Å². The fourth-order valence-corrected chi connectivity index (χ4v) is 4.43. The van der Waals surface area contributed by atoms with Crippen molar-refractivity contribution in [2.75, 3.05) is 18.5 Å². The molecule has 6 nitrogen and oxygen atoms in total. The maximum atomic E-state index is 12.8. The van der Waals surface area contributed by atoms with E-state index in [4.69, 9.17) is 4.74 Å². The highest BCUT2D eigenvalue weighted by atomic mass is 32.1. The molecule has 0 saturated heterocycles. The summed E-state index contributed by atoms with van der Waals surface area (Å²) in [5.74, 6) is 0.571. The largest absolute Gasteiger partial charge is 0.492 e. The van der Waals surface area contributed by atoms with Crippen LogP contribution in [-0.2, 0) is 0 Å². The molecular formula is C24H30N4O2S. The molecule has 1 aromatic carbocycles. The van der Waals surface area contributed by atoms with E-state index in [-0.39, 0.29) is 5.91 Å². The van der Waals surface area contributed by atoms with Crippen molar-refractivity contribution in [3.63, 3.8) is 0 Å². The van der Waals surface area contributed by atoms with Gasteiger partial charge in [0.25, 0.3) is 5.91 Å². The normalized spacial score (nSPS) is 11.4. The van der Waals surface area contributed by atoms with E-state index in [1.807, 2.05) is 43.3 Å². The molecule has 0 radical (unpaired) electrons. The number of aryl methyl sites for hydroxylation is 1. The van der Waals surface area contributed by atoms with Gasteiger partial charge in [0.05, 0.1) is 5.69 Å². The quantitative estimate of drug-likeness (QED) is 0.493. The van der Waals surface area contributed by atoms with Crippen LogP contribution in [0.2, 0.25) is 0 Å². The Labute approximate surface area is 188 Å². The van der Waals surface area contributed by atoms with Crippen LogP contribution in [0.15, 0.2) is 48.8 Å². The average Bonchev–Trinajstić information content (AvgIpc) is 3.13. The average molecular weight is 439 g/mol. The molecule has 1 N–H and O–H groups in total. The van der Waals surface area contributed by atoms with Crippen molar-refractivity contribution in [1.82, 2.24) is 14.9 Å². The summed E-state index contributed by atoms with van der Waals surface area (Å²) in [5, 5.41) is 3.78. The van der Waals surface area contributed by atoms with Crippen LogP contribution in [0.25, 0.3) is 10.6 Å². The molecule has 0 saturated carbocycles. The maximum absolute atomic E-state index is 12.8. The van der Waals surface area contributed by atoms with Crippen molar-refractivity contribution >= 4 is 22.9 Å². The standard InChI is InChI=1S/C24H30N4O2S/c1-16(2)28(17(3)4)13-14-30-21-8-6-7-20(15-21)27-23(29)22-18(5)26-24(31-22)19-9-11-25-12-10-19/h6-12,15-17H,13-14H2,1-5H3,(H,27,29). The van der Waals surface area contributed by atoms with Crippen LogP contribution in [0.3, 0.4) is 0 Å². The van der Waals surface area contributed by atoms with Crippen LogP contribution >= 0.6 is 11.3 Å². The molecule has 0 aliphatic heterocycles. The molecule has 31 heavy (non-hydrogen) atoms. The van der Waals surface area contributed by atoms with E-state index in [0.717, 1.165) is 22.9 Å². The summed E-state index contributed by atoms with van der Waals surface area (Å²) in [4.78, 5) is 24.4. The molecule has 0 bridgehead atoms. The Balaban J connectivity index is 1.63. The van der Waals surface area contributed by atoms with Crippen molar-refractivity contribution in [3.05, 3.63) is 59.4 Å². The molecule has 3 rings (SSSR count). The third-order valence-corrected chi connectivity index (χ3v) is 6.17. The number of anilines is 1. The molecule has 2 heterocycles. The van der Waals surface area contributed by atoms with Crippen molar-refractivity contribution in [1.29, 1.82) is 0 Å². The van der Waals surface area contributed by atoms with Gasteiger partial charge in [-0.15, -0.1) is 11.3 Å². The first-order valence-electron chi connectivity index (χ1n) is 10.5. The van der Waals surface area contributed by atoms with Gasteiger partial charge in [-0.2, -0.15) is 0 Å². The van der Waals surface area contributed by atoms with Crippen molar-refractivity contribution in [3.8, 4) is 16.3 Å². The number of benzene rings is 1. The summed E-state index contributed by atoms with van der Waals surface area (Å²) in [6.07, 6.45) is 3.44. The number of nitrogens with zero attached hydrogens (tertiary/aromatic N) is 3. The summed E-state index contributed by atoms with van der Waals surface area (Å²) >= 11 is 1.38. The summed E-state index contributed by atoms with van der Waals surface area (Å²) in [7, 11) is 0. The molecule has 0 fully saturated rings. The van der Waals surface area contributed by atoms with Crippen LogP contribution in [0, 0.1) is 6.92 Å². The lowest BCUT2D eigenvalue weighted by Gasteiger charge is -2.30. The first-order valence-corrected chi connectivity index (χ1v) is 11.3. The Morgan fingerprint density at radius 2 is 1.84 bits per heavy atom. The second-order valence-corrected chi connectivity index (χ2v) is 8.92. The van der Waals surface area contributed by atoms with Crippen LogP contribution in [0.5, 0.6) is 5.75 Å². The molecule has 0 spiro atoms. The number of nitrogens with one attached hydrogen (secondary N) is 1. The van der Waals surface area contributed by atoms with E-state index in [0.29, 0.717) is 34.9 Å². The van der Waals surface area contributed by atoms with Crippen LogP contribution in [-0.4, -0.2) is 46.0 Å². The molecule has 164 valence electrons. The van der Waals surface area contributed by atoms with Crippen molar-refractivity contribution < 1.29 is 9.53 Å². The first kappa shape index (κ1) is 22.9. The third-order valence-electron chi connectivity index (χ3n) is 4.97. The zero-order valence-corrected chi connectivity index (χ0v) is 19.6. The predicted octanol–water partition coefficient (Wildman–Crippen LogP) is 5.26. The fraction of sp³-hybridized carbons (Fsp3) is 0.375. The minimum absolute atomic E-state index is 0.168. The smallest absolute Gasteiger partial charge is 0.267 e. The van der Waals surface area contributed by atoms with E-state index in [1.165, 1.54) is 11.3 Å². The summed E-state index contributed by atoms with van der Waals surface area (Å²) in [6, 6.07) is 12.2.